The molecule has 184 valence electrons. The number of hydrogen-bond donors (Lipinski definition) is 3. The summed E-state index contributed by atoms with van der Waals surface area (Å²) in [5.74, 6) is -0.371. The van der Waals surface area contributed by atoms with E-state index in [0.717, 1.165) is 44.2 Å². The third kappa shape index (κ3) is 5.01. The molecule has 0 aliphatic heterocycles. The summed E-state index contributed by atoms with van der Waals surface area (Å²) in [6, 6.07) is 3.12. The molecule has 1 unspecified atom stereocenters. The molecule has 2 aromatic rings. The van der Waals surface area contributed by atoms with Gasteiger partial charge in [0.25, 0.3) is 5.91 Å². The predicted molar refractivity (Wildman–Crippen MR) is 127 cm³/mol. The van der Waals surface area contributed by atoms with Crippen LogP contribution in [0, 0.1) is 0 Å². The van der Waals surface area contributed by atoms with Gasteiger partial charge in [-0.2, -0.15) is 5.10 Å². The molecule has 2 aliphatic carbocycles. The molecule has 1 heterocycles. The Morgan fingerprint density at radius 1 is 1.15 bits per heavy atom. The number of fused-ring (bicyclic) bond motifs is 2. The SMILES string of the molecule is COCCN(CCO)C(=O)c1cc(S(=O)NC(=O)Nc2c3c(cc4c2CCC4)CCC3)nn1C. The molecule has 0 saturated carbocycles. The first-order chi connectivity index (χ1) is 16.4. The fourth-order valence-corrected chi connectivity index (χ4v) is 5.51. The Morgan fingerprint density at radius 3 is 2.44 bits per heavy atom. The van der Waals surface area contributed by atoms with Gasteiger partial charge in [0.1, 0.15) is 5.69 Å². The van der Waals surface area contributed by atoms with Crippen molar-refractivity contribution in [3.8, 4) is 0 Å². The maximum absolute atomic E-state index is 12.9. The smallest absolute Gasteiger partial charge is 0.331 e. The minimum Gasteiger partial charge on any atom is -0.395 e. The summed E-state index contributed by atoms with van der Waals surface area (Å²) in [6.45, 7) is 0.557. The van der Waals surface area contributed by atoms with Gasteiger partial charge in [-0.05, 0) is 60.8 Å². The van der Waals surface area contributed by atoms with Crippen LogP contribution in [-0.4, -0.2) is 69.3 Å². The highest BCUT2D eigenvalue weighted by Gasteiger charge is 2.26. The number of aromatic nitrogens is 2. The van der Waals surface area contributed by atoms with E-state index in [9.17, 15) is 18.9 Å². The highest BCUT2D eigenvalue weighted by Crippen LogP contribution is 2.38. The second-order valence-corrected chi connectivity index (χ2v) is 9.72. The van der Waals surface area contributed by atoms with E-state index >= 15 is 0 Å². The van der Waals surface area contributed by atoms with Crippen molar-refractivity contribution in [1.82, 2.24) is 19.4 Å². The van der Waals surface area contributed by atoms with E-state index in [2.05, 4.69) is 21.2 Å². The molecule has 3 N–H and O–H groups in total. The summed E-state index contributed by atoms with van der Waals surface area (Å²) >= 11 is 0. The van der Waals surface area contributed by atoms with E-state index in [0.29, 0.717) is 13.2 Å². The van der Waals surface area contributed by atoms with Gasteiger partial charge in [0.15, 0.2) is 16.0 Å². The average Bonchev–Trinajstić information content (AvgIpc) is 3.55. The van der Waals surface area contributed by atoms with Crippen molar-refractivity contribution >= 4 is 28.6 Å². The van der Waals surface area contributed by atoms with E-state index < -0.39 is 17.0 Å². The molecule has 0 saturated heterocycles. The number of urea groups is 1. The molecule has 0 fully saturated rings. The molecule has 0 radical (unpaired) electrons. The number of hydrogen-bond acceptors (Lipinski definition) is 6. The second-order valence-electron chi connectivity index (χ2n) is 8.56. The van der Waals surface area contributed by atoms with Gasteiger partial charge in [0.2, 0.25) is 0 Å². The zero-order valence-electron chi connectivity index (χ0n) is 19.6. The lowest BCUT2D eigenvalue weighted by atomic mass is 9.99. The Hall–Kier alpha value is -2.76. The number of carbonyl (C=O) groups is 2. The summed E-state index contributed by atoms with van der Waals surface area (Å²) < 4.78 is 21.7. The number of aliphatic hydroxyl groups excluding tert-OH is 1. The maximum Gasteiger partial charge on any atom is 0.331 e. The summed E-state index contributed by atoms with van der Waals surface area (Å²) in [5, 5.41) is 16.5. The molecule has 0 bridgehead atoms. The topological polar surface area (TPSA) is 126 Å². The number of nitrogens with zero attached hydrogens (tertiary/aromatic N) is 3. The quantitative estimate of drug-likeness (QED) is 0.488. The van der Waals surface area contributed by atoms with Gasteiger partial charge < -0.3 is 20.1 Å². The first-order valence-electron chi connectivity index (χ1n) is 11.5. The first kappa shape index (κ1) is 24.4. The summed E-state index contributed by atoms with van der Waals surface area (Å²) in [6.07, 6.45) is 6.05. The summed E-state index contributed by atoms with van der Waals surface area (Å²) in [7, 11) is 1.15. The van der Waals surface area contributed by atoms with Crippen LogP contribution in [0.2, 0.25) is 0 Å². The number of carbonyl (C=O) groups excluding carboxylic acids is 2. The van der Waals surface area contributed by atoms with Crippen molar-refractivity contribution in [1.29, 1.82) is 0 Å². The zero-order valence-corrected chi connectivity index (χ0v) is 20.4. The Morgan fingerprint density at radius 2 is 1.82 bits per heavy atom. The second kappa shape index (κ2) is 10.7. The molecule has 34 heavy (non-hydrogen) atoms. The monoisotopic (exact) mass is 489 g/mol. The molecular weight excluding hydrogens is 458 g/mol. The summed E-state index contributed by atoms with van der Waals surface area (Å²) in [5.41, 5.74) is 6.04. The number of methoxy groups -OCH3 is 1. The van der Waals surface area contributed by atoms with E-state index in [1.54, 1.807) is 7.05 Å². The van der Waals surface area contributed by atoms with Gasteiger partial charge >= 0.3 is 6.03 Å². The van der Waals surface area contributed by atoms with Gasteiger partial charge in [-0.15, -0.1) is 0 Å². The number of aliphatic hydroxyl groups is 1. The van der Waals surface area contributed by atoms with Gasteiger partial charge in [0, 0.05) is 39.0 Å². The van der Waals surface area contributed by atoms with E-state index in [-0.39, 0.29) is 29.8 Å². The van der Waals surface area contributed by atoms with Crippen LogP contribution in [0.1, 0.15) is 45.6 Å². The van der Waals surface area contributed by atoms with Crippen LogP contribution in [0.4, 0.5) is 10.5 Å². The fraction of sp³-hybridized carbons (Fsp3) is 0.522. The van der Waals surface area contributed by atoms with Crippen LogP contribution in [0.25, 0.3) is 0 Å². The summed E-state index contributed by atoms with van der Waals surface area (Å²) in [4.78, 5) is 27.1. The number of ether oxygens (including phenoxy) is 1. The molecule has 4 rings (SSSR count). The third-order valence-corrected chi connectivity index (χ3v) is 7.34. The largest absolute Gasteiger partial charge is 0.395 e. The highest BCUT2D eigenvalue weighted by molar-refractivity contribution is 7.83. The normalized spacial score (nSPS) is 15.0. The number of benzene rings is 1. The van der Waals surface area contributed by atoms with Crippen LogP contribution >= 0.6 is 0 Å². The fourth-order valence-electron chi connectivity index (χ4n) is 4.77. The number of rotatable bonds is 9. The minimum atomic E-state index is -1.95. The lowest BCUT2D eigenvalue weighted by Crippen LogP contribution is -2.37. The molecule has 1 aromatic heterocycles. The predicted octanol–water partition coefficient (Wildman–Crippen LogP) is 1.32. The van der Waals surface area contributed by atoms with Gasteiger partial charge in [-0.3, -0.25) is 14.2 Å². The third-order valence-electron chi connectivity index (χ3n) is 6.39. The highest BCUT2D eigenvalue weighted by atomic mass is 32.2. The molecule has 1 aromatic carbocycles. The van der Waals surface area contributed by atoms with E-state index in [1.807, 2.05) is 0 Å². The molecule has 10 nitrogen and oxygen atoms in total. The van der Waals surface area contributed by atoms with Crippen molar-refractivity contribution in [2.75, 3.05) is 38.7 Å². The van der Waals surface area contributed by atoms with Crippen LogP contribution < -0.4 is 10.0 Å². The molecule has 11 heteroatoms. The Balaban J connectivity index is 1.46. The number of aryl methyl sites for hydroxylation is 3. The van der Waals surface area contributed by atoms with Crippen molar-refractivity contribution in [2.24, 2.45) is 7.05 Å². The van der Waals surface area contributed by atoms with Crippen LogP contribution in [-0.2, 0) is 48.5 Å². The van der Waals surface area contributed by atoms with Gasteiger partial charge in [0.05, 0.1) is 13.2 Å². The number of nitrogens with one attached hydrogen (secondary N) is 2. The van der Waals surface area contributed by atoms with E-state index in [4.69, 9.17) is 4.74 Å². The molecule has 0 spiro atoms. The zero-order chi connectivity index (χ0) is 24.2. The lowest BCUT2D eigenvalue weighted by Gasteiger charge is -2.21. The van der Waals surface area contributed by atoms with Gasteiger partial charge in [-0.1, -0.05) is 6.07 Å². The molecule has 3 amide bonds. The van der Waals surface area contributed by atoms with Crippen molar-refractivity contribution in [3.63, 3.8) is 0 Å². The Labute approximate surface area is 201 Å². The Bertz CT molecular complexity index is 1080. The van der Waals surface area contributed by atoms with Crippen molar-refractivity contribution in [3.05, 3.63) is 40.1 Å². The molecule has 2 aliphatic rings. The van der Waals surface area contributed by atoms with Crippen LogP contribution in [0.3, 0.4) is 0 Å². The minimum absolute atomic E-state index is 0.0696. The number of amides is 3. The molecular formula is C23H31N5O5S. The lowest BCUT2D eigenvalue weighted by molar-refractivity contribution is 0.0646. The van der Waals surface area contributed by atoms with Crippen molar-refractivity contribution in [2.45, 2.75) is 43.6 Å². The Kier molecular flexibility index (Phi) is 7.64. The maximum atomic E-state index is 12.9. The standard InChI is InChI=1S/C23H31N5O5S/c1-27-19(22(30)28(9-11-29)10-12-33-2)14-20(25-27)34(32)26-23(31)24-21-17-7-3-5-15(17)13-16-6-4-8-18(16)21/h13-14,29H,3-12H2,1-2H3,(H2,24,26,31). The average molecular weight is 490 g/mol. The van der Waals surface area contributed by atoms with Gasteiger partial charge in [-0.25, -0.2) is 9.00 Å². The van der Waals surface area contributed by atoms with Crippen molar-refractivity contribution < 1.29 is 23.6 Å². The van der Waals surface area contributed by atoms with Crippen LogP contribution in [0.5, 0.6) is 0 Å². The first-order valence-corrected chi connectivity index (χ1v) is 12.7. The molecule has 1 atom stereocenters. The van der Waals surface area contributed by atoms with Crippen LogP contribution in [0.15, 0.2) is 17.2 Å². The number of anilines is 1. The van der Waals surface area contributed by atoms with E-state index in [1.165, 1.54) is 45.0 Å².